The van der Waals surface area contributed by atoms with E-state index in [0.29, 0.717) is 25.1 Å². The predicted molar refractivity (Wildman–Crippen MR) is 80.3 cm³/mol. The Balaban J connectivity index is 2.07. The fraction of sp³-hybridized carbons (Fsp3) is 0.500. The molecule has 2 N–H and O–H groups in total. The average molecular weight is 290 g/mol. The topological polar surface area (TPSA) is 72.6 Å². The lowest BCUT2D eigenvalue weighted by molar-refractivity contribution is -0.126. The number of ketones is 1. The van der Waals surface area contributed by atoms with Crippen molar-refractivity contribution in [3.05, 3.63) is 29.8 Å². The van der Waals surface area contributed by atoms with Gasteiger partial charge in [-0.3, -0.25) is 14.5 Å². The number of rotatable bonds is 5. The summed E-state index contributed by atoms with van der Waals surface area (Å²) in [4.78, 5) is 26.0. The highest BCUT2D eigenvalue weighted by molar-refractivity contribution is 6.00. The smallest absolute Gasteiger partial charge is 0.224 e. The highest BCUT2D eigenvalue weighted by Gasteiger charge is 2.41. The fourth-order valence-electron chi connectivity index (χ4n) is 2.69. The van der Waals surface area contributed by atoms with Crippen molar-refractivity contribution in [1.29, 1.82) is 0 Å². The molecule has 5 nitrogen and oxygen atoms in total. The van der Waals surface area contributed by atoms with Crippen LogP contribution in [0.15, 0.2) is 24.3 Å². The van der Waals surface area contributed by atoms with Crippen molar-refractivity contribution >= 4 is 11.7 Å². The molecule has 1 aliphatic rings. The van der Waals surface area contributed by atoms with Gasteiger partial charge in [0, 0.05) is 12.1 Å². The molecule has 1 aromatic carbocycles. The summed E-state index contributed by atoms with van der Waals surface area (Å²) in [6, 6.07) is 6.82. The predicted octanol–water partition coefficient (Wildman–Crippen LogP) is 1.46. The molecule has 2 atom stereocenters. The van der Waals surface area contributed by atoms with Crippen LogP contribution in [0.4, 0.5) is 0 Å². The number of primary amides is 1. The summed E-state index contributed by atoms with van der Waals surface area (Å²) >= 11 is 0. The van der Waals surface area contributed by atoms with E-state index >= 15 is 0 Å². The van der Waals surface area contributed by atoms with Crippen LogP contribution in [-0.2, 0) is 4.79 Å². The number of Topliss-reactive ketones (excluding diaryl/α,β-unsaturated/α-hetero) is 1. The van der Waals surface area contributed by atoms with Gasteiger partial charge in [0.05, 0.1) is 18.6 Å². The highest BCUT2D eigenvalue weighted by Crippen LogP contribution is 2.31. The lowest BCUT2D eigenvalue weighted by Gasteiger charge is -2.25. The lowest BCUT2D eigenvalue weighted by atomic mass is 9.89. The first-order valence-corrected chi connectivity index (χ1v) is 7.09. The zero-order valence-electron chi connectivity index (χ0n) is 12.8. The van der Waals surface area contributed by atoms with E-state index in [1.165, 1.54) is 0 Å². The number of carbonyl (C=O) groups is 2. The molecule has 0 radical (unpaired) electrons. The maximum absolute atomic E-state index is 12.5. The van der Waals surface area contributed by atoms with Gasteiger partial charge in [0.15, 0.2) is 5.78 Å². The van der Waals surface area contributed by atoms with Crippen molar-refractivity contribution in [3.8, 4) is 5.75 Å². The van der Waals surface area contributed by atoms with Crippen molar-refractivity contribution in [2.75, 3.05) is 20.2 Å². The minimum Gasteiger partial charge on any atom is -0.497 e. The number of carbonyl (C=O) groups excluding carboxylic acids is 2. The fourth-order valence-corrected chi connectivity index (χ4v) is 2.69. The zero-order chi connectivity index (χ0) is 15.6. The molecule has 114 valence electrons. The van der Waals surface area contributed by atoms with Gasteiger partial charge in [-0.15, -0.1) is 0 Å². The molecule has 1 aliphatic heterocycles. The summed E-state index contributed by atoms with van der Waals surface area (Å²) in [5, 5.41) is 0. The molecule has 0 bridgehead atoms. The van der Waals surface area contributed by atoms with Gasteiger partial charge in [0.1, 0.15) is 5.75 Å². The third-order valence-corrected chi connectivity index (χ3v) is 4.40. The van der Waals surface area contributed by atoms with Gasteiger partial charge in [0.2, 0.25) is 5.91 Å². The first-order chi connectivity index (χ1) is 9.87. The number of benzene rings is 1. The Morgan fingerprint density at radius 2 is 1.95 bits per heavy atom. The Hall–Kier alpha value is -1.88. The Morgan fingerprint density at radius 1 is 1.33 bits per heavy atom. The number of hydrogen-bond donors (Lipinski definition) is 1. The quantitative estimate of drug-likeness (QED) is 0.833. The highest BCUT2D eigenvalue weighted by atomic mass is 16.5. The third-order valence-electron chi connectivity index (χ3n) is 4.40. The van der Waals surface area contributed by atoms with E-state index < -0.39 is 5.41 Å². The van der Waals surface area contributed by atoms with Gasteiger partial charge in [0.25, 0.3) is 0 Å². The van der Waals surface area contributed by atoms with E-state index in [4.69, 9.17) is 10.5 Å². The summed E-state index contributed by atoms with van der Waals surface area (Å²) in [5.74, 6) is 0.474. The Morgan fingerprint density at radius 3 is 2.43 bits per heavy atom. The van der Waals surface area contributed by atoms with Gasteiger partial charge < -0.3 is 10.5 Å². The molecule has 5 heteroatoms. The second kappa shape index (κ2) is 5.85. The number of ether oxygens (including phenoxy) is 1. The van der Waals surface area contributed by atoms with Gasteiger partial charge in [-0.25, -0.2) is 0 Å². The van der Waals surface area contributed by atoms with Crippen LogP contribution in [0.1, 0.15) is 30.6 Å². The number of amides is 1. The minimum absolute atomic E-state index is 0.0476. The van der Waals surface area contributed by atoms with Crippen LogP contribution in [0.2, 0.25) is 0 Å². The maximum Gasteiger partial charge on any atom is 0.224 e. The second-order valence-corrected chi connectivity index (χ2v) is 5.91. The van der Waals surface area contributed by atoms with Crippen LogP contribution in [0.25, 0.3) is 0 Å². The van der Waals surface area contributed by atoms with Crippen LogP contribution >= 0.6 is 0 Å². The number of nitrogens with zero attached hydrogens (tertiary/aromatic N) is 1. The van der Waals surface area contributed by atoms with E-state index in [0.717, 1.165) is 5.75 Å². The number of nitrogens with two attached hydrogens (primary N) is 1. The van der Waals surface area contributed by atoms with Crippen molar-refractivity contribution in [2.24, 2.45) is 11.1 Å². The summed E-state index contributed by atoms with van der Waals surface area (Å²) in [5.41, 5.74) is 5.56. The standard InChI is InChI=1S/C16H22N2O3/c1-11(18-9-8-16(2,10-18)15(17)20)14(19)12-4-6-13(21-3)7-5-12/h4-7,11H,8-10H2,1-3H3,(H2,17,20). The van der Waals surface area contributed by atoms with Crippen LogP contribution in [0.3, 0.4) is 0 Å². The molecule has 2 rings (SSSR count). The molecule has 0 aliphatic carbocycles. The van der Waals surface area contributed by atoms with Crippen LogP contribution in [0.5, 0.6) is 5.75 Å². The van der Waals surface area contributed by atoms with E-state index in [-0.39, 0.29) is 17.7 Å². The normalized spacial score (nSPS) is 23.8. The summed E-state index contributed by atoms with van der Waals surface area (Å²) in [6.45, 7) is 4.98. The van der Waals surface area contributed by atoms with Crippen molar-refractivity contribution in [1.82, 2.24) is 4.90 Å². The van der Waals surface area contributed by atoms with E-state index in [2.05, 4.69) is 0 Å². The molecular formula is C16H22N2O3. The van der Waals surface area contributed by atoms with Crippen molar-refractivity contribution in [2.45, 2.75) is 26.3 Å². The molecule has 0 spiro atoms. The van der Waals surface area contributed by atoms with Gasteiger partial charge in [-0.1, -0.05) is 0 Å². The van der Waals surface area contributed by atoms with Crippen LogP contribution in [-0.4, -0.2) is 42.8 Å². The van der Waals surface area contributed by atoms with E-state index in [1.807, 2.05) is 18.7 Å². The molecule has 1 aromatic rings. The van der Waals surface area contributed by atoms with Crippen LogP contribution in [0, 0.1) is 5.41 Å². The molecule has 1 amide bonds. The number of hydrogen-bond acceptors (Lipinski definition) is 4. The van der Waals surface area contributed by atoms with Crippen molar-refractivity contribution in [3.63, 3.8) is 0 Å². The van der Waals surface area contributed by atoms with E-state index in [1.54, 1.807) is 31.4 Å². The summed E-state index contributed by atoms with van der Waals surface area (Å²) in [7, 11) is 1.59. The van der Waals surface area contributed by atoms with Gasteiger partial charge in [-0.05, 0) is 51.1 Å². The largest absolute Gasteiger partial charge is 0.497 e. The second-order valence-electron chi connectivity index (χ2n) is 5.91. The SMILES string of the molecule is COc1ccc(C(=O)C(C)N2CCC(C)(C(N)=O)C2)cc1. The molecular weight excluding hydrogens is 268 g/mol. The number of methoxy groups -OCH3 is 1. The van der Waals surface area contributed by atoms with Gasteiger partial charge >= 0.3 is 0 Å². The summed E-state index contributed by atoms with van der Waals surface area (Å²) < 4.78 is 5.09. The molecule has 0 saturated carbocycles. The Kier molecular flexibility index (Phi) is 4.32. The summed E-state index contributed by atoms with van der Waals surface area (Å²) in [6.07, 6.45) is 0.697. The molecule has 1 fully saturated rings. The third kappa shape index (κ3) is 3.08. The maximum atomic E-state index is 12.5. The van der Waals surface area contributed by atoms with Crippen LogP contribution < -0.4 is 10.5 Å². The Labute approximate surface area is 125 Å². The van der Waals surface area contributed by atoms with Crippen molar-refractivity contribution < 1.29 is 14.3 Å². The molecule has 2 unspecified atom stereocenters. The first kappa shape index (κ1) is 15.5. The average Bonchev–Trinajstić information content (AvgIpc) is 2.90. The van der Waals surface area contributed by atoms with Gasteiger partial charge in [-0.2, -0.15) is 0 Å². The Bertz CT molecular complexity index is 541. The molecule has 1 heterocycles. The first-order valence-electron chi connectivity index (χ1n) is 7.09. The molecule has 0 aromatic heterocycles. The number of likely N-dealkylation sites (tertiary alicyclic amines) is 1. The van der Waals surface area contributed by atoms with E-state index in [9.17, 15) is 9.59 Å². The molecule has 21 heavy (non-hydrogen) atoms. The molecule has 1 saturated heterocycles. The monoisotopic (exact) mass is 290 g/mol. The lowest BCUT2D eigenvalue weighted by Crippen LogP contribution is -2.42. The minimum atomic E-state index is -0.533. The zero-order valence-corrected chi connectivity index (χ0v) is 12.8.